The van der Waals surface area contributed by atoms with Gasteiger partial charge in [0.1, 0.15) is 11.6 Å². The number of thiazole rings is 1. The maximum Gasteiger partial charge on any atom is 0.227 e. The van der Waals surface area contributed by atoms with Crippen LogP contribution in [-0.4, -0.2) is 35.4 Å². The van der Waals surface area contributed by atoms with Crippen molar-refractivity contribution in [1.29, 1.82) is 0 Å². The highest BCUT2D eigenvalue weighted by Crippen LogP contribution is 2.37. The van der Waals surface area contributed by atoms with E-state index in [-0.39, 0.29) is 12.2 Å². The van der Waals surface area contributed by atoms with Crippen LogP contribution in [0.15, 0.2) is 79.0 Å². The third-order valence-electron chi connectivity index (χ3n) is 5.98. The maximum atomic E-state index is 14.1. The Labute approximate surface area is 238 Å². The molecule has 3 N–H and O–H groups in total. The fraction of sp³-hybridized carbons (Fsp3) is 0.103. The van der Waals surface area contributed by atoms with Gasteiger partial charge in [-0.15, -0.1) is 0 Å². The average molecular weight is 592 g/mol. The molecule has 5 aromatic rings. The third kappa shape index (κ3) is 6.79. The van der Waals surface area contributed by atoms with Crippen molar-refractivity contribution in [2.45, 2.75) is 12.2 Å². The standard InChI is InChI=1S/C29H23F2N5O3S2/c1-41(38,39)16-17-8-10-20(11-9-17)34-29-33-13-12-23(35-29)27-26(36-28(32)40-27)19-5-2-4-18(14-19)15-24(37)25-21(30)6-3-7-22(25)31/h2-14H,15-16H2,1H3,(H2,32,36)(H,33,34,35). The molecule has 3 aromatic carbocycles. The number of carbonyl (C=O) groups is 1. The Bertz CT molecular complexity index is 1840. The summed E-state index contributed by atoms with van der Waals surface area (Å²) in [5.74, 6) is -2.23. The number of anilines is 3. The molecule has 208 valence electrons. The van der Waals surface area contributed by atoms with E-state index in [1.807, 2.05) is 0 Å². The molecule has 0 spiro atoms. The summed E-state index contributed by atoms with van der Waals surface area (Å²) in [6.45, 7) is 0. The lowest BCUT2D eigenvalue weighted by atomic mass is 9.99. The van der Waals surface area contributed by atoms with Gasteiger partial charge in [-0.3, -0.25) is 4.79 Å². The van der Waals surface area contributed by atoms with Crippen LogP contribution in [0.5, 0.6) is 0 Å². The van der Waals surface area contributed by atoms with Crippen molar-refractivity contribution < 1.29 is 22.0 Å². The number of aromatic nitrogens is 3. The number of nitrogens with two attached hydrogens (primary N) is 1. The molecule has 0 atom stereocenters. The van der Waals surface area contributed by atoms with Gasteiger partial charge in [-0.05, 0) is 47.5 Å². The number of carbonyl (C=O) groups excluding carboxylic acids is 1. The third-order valence-corrected chi connectivity index (χ3v) is 7.74. The van der Waals surface area contributed by atoms with E-state index < -0.39 is 32.8 Å². The van der Waals surface area contributed by atoms with E-state index in [9.17, 15) is 22.0 Å². The molecular formula is C29H23F2N5O3S2. The lowest BCUT2D eigenvalue weighted by Crippen LogP contribution is -2.09. The first-order chi connectivity index (χ1) is 19.6. The number of nitrogen functional groups attached to an aromatic ring is 1. The fourth-order valence-electron chi connectivity index (χ4n) is 4.23. The zero-order valence-electron chi connectivity index (χ0n) is 21.6. The molecule has 0 fully saturated rings. The van der Waals surface area contributed by atoms with Gasteiger partial charge in [0.05, 0.1) is 27.6 Å². The van der Waals surface area contributed by atoms with Crippen molar-refractivity contribution in [2.24, 2.45) is 0 Å². The molecule has 2 heterocycles. The quantitative estimate of drug-likeness (QED) is 0.205. The second-order valence-electron chi connectivity index (χ2n) is 9.28. The summed E-state index contributed by atoms with van der Waals surface area (Å²) in [6.07, 6.45) is 2.56. The molecule has 41 heavy (non-hydrogen) atoms. The minimum atomic E-state index is -3.14. The molecule has 2 aromatic heterocycles. The van der Waals surface area contributed by atoms with Gasteiger partial charge in [0, 0.05) is 30.1 Å². The van der Waals surface area contributed by atoms with Crippen LogP contribution >= 0.6 is 11.3 Å². The van der Waals surface area contributed by atoms with Crippen LogP contribution in [0, 0.1) is 11.6 Å². The summed E-state index contributed by atoms with van der Waals surface area (Å²) in [4.78, 5) is 26.7. The smallest absolute Gasteiger partial charge is 0.227 e. The van der Waals surface area contributed by atoms with Gasteiger partial charge >= 0.3 is 0 Å². The van der Waals surface area contributed by atoms with Gasteiger partial charge in [0.15, 0.2) is 20.8 Å². The van der Waals surface area contributed by atoms with E-state index in [4.69, 9.17) is 5.73 Å². The molecule has 0 saturated carbocycles. The summed E-state index contributed by atoms with van der Waals surface area (Å²) in [5, 5.41) is 3.41. The van der Waals surface area contributed by atoms with Crippen LogP contribution in [0.2, 0.25) is 0 Å². The number of halogens is 2. The number of benzene rings is 3. The molecule has 0 bridgehead atoms. The Kier molecular flexibility index (Phi) is 7.86. The first kappa shape index (κ1) is 28.0. The van der Waals surface area contributed by atoms with Crippen LogP contribution in [0.1, 0.15) is 21.5 Å². The Hall–Kier alpha value is -4.55. The molecule has 0 aliphatic carbocycles. The Balaban J connectivity index is 1.39. The molecule has 0 aliphatic heterocycles. The van der Waals surface area contributed by atoms with E-state index in [0.29, 0.717) is 49.7 Å². The minimum absolute atomic E-state index is 0.0514. The maximum absolute atomic E-state index is 14.1. The van der Waals surface area contributed by atoms with Crippen LogP contribution in [-0.2, 0) is 22.0 Å². The predicted molar refractivity (Wildman–Crippen MR) is 156 cm³/mol. The normalized spacial score (nSPS) is 11.4. The highest BCUT2D eigenvalue weighted by molar-refractivity contribution is 7.89. The topological polar surface area (TPSA) is 128 Å². The number of sulfone groups is 1. The van der Waals surface area contributed by atoms with Crippen LogP contribution in [0.4, 0.5) is 25.5 Å². The predicted octanol–water partition coefficient (Wildman–Crippen LogP) is 5.84. The number of hydrogen-bond acceptors (Lipinski definition) is 9. The number of hydrogen-bond donors (Lipinski definition) is 2. The zero-order valence-corrected chi connectivity index (χ0v) is 23.3. The Morgan fingerprint density at radius 3 is 2.37 bits per heavy atom. The summed E-state index contributed by atoms with van der Waals surface area (Å²) in [5.41, 5.74) is 9.14. The van der Waals surface area contributed by atoms with Crippen molar-refractivity contribution in [3.8, 4) is 21.8 Å². The molecular weight excluding hydrogens is 568 g/mol. The SMILES string of the molecule is CS(=O)(=O)Cc1ccc(Nc2nccc(-c3sc(N)nc3-c3cccc(CC(=O)c4c(F)cccc4F)c3)n2)cc1. The van der Waals surface area contributed by atoms with Crippen molar-refractivity contribution >= 4 is 43.7 Å². The fourth-order valence-corrected chi connectivity index (χ4v) is 5.86. The van der Waals surface area contributed by atoms with E-state index >= 15 is 0 Å². The summed E-state index contributed by atoms with van der Waals surface area (Å²) in [7, 11) is -3.14. The summed E-state index contributed by atoms with van der Waals surface area (Å²) in [6, 6.07) is 18.9. The molecule has 12 heteroatoms. The monoisotopic (exact) mass is 591 g/mol. The lowest BCUT2D eigenvalue weighted by molar-refractivity contribution is 0.0985. The van der Waals surface area contributed by atoms with Crippen molar-refractivity contribution in [2.75, 3.05) is 17.3 Å². The number of Topliss-reactive ketones (excluding diaryl/α,β-unsaturated/α-hetero) is 1. The molecule has 0 saturated heterocycles. The van der Waals surface area contributed by atoms with E-state index in [1.54, 1.807) is 60.8 Å². The highest BCUT2D eigenvalue weighted by Gasteiger charge is 2.19. The molecule has 0 radical (unpaired) electrons. The average Bonchev–Trinajstić information content (AvgIpc) is 3.31. The number of nitrogens with zero attached hydrogens (tertiary/aromatic N) is 3. The number of ketones is 1. The molecule has 0 aliphatic rings. The number of rotatable bonds is 9. The van der Waals surface area contributed by atoms with Gasteiger partial charge < -0.3 is 11.1 Å². The zero-order chi connectivity index (χ0) is 29.1. The Morgan fingerprint density at radius 2 is 1.66 bits per heavy atom. The second kappa shape index (κ2) is 11.5. The highest BCUT2D eigenvalue weighted by atomic mass is 32.2. The first-order valence-corrected chi connectivity index (χ1v) is 15.1. The van der Waals surface area contributed by atoms with Gasteiger partial charge in [0.2, 0.25) is 5.95 Å². The van der Waals surface area contributed by atoms with E-state index in [2.05, 4.69) is 20.3 Å². The van der Waals surface area contributed by atoms with Gasteiger partial charge in [-0.1, -0.05) is 47.7 Å². The molecule has 0 amide bonds. The first-order valence-electron chi connectivity index (χ1n) is 12.3. The van der Waals surface area contributed by atoms with Crippen molar-refractivity contribution in [3.63, 3.8) is 0 Å². The van der Waals surface area contributed by atoms with Crippen molar-refractivity contribution in [3.05, 3.63) is 107 Å². The second-order valence-corrected chi connectivity index (χ2v) is 12.5. The molecule has 5 rings (SSSR count). The van der Waals surface area contributed by atoms with E-state index in [0.717, 1.165) is 12.1 Å². The minimum Gasteiger partial charge on any atom is -0.375 e. The molecule has 0 unspecified atom stereocenters. The van der Waals surface area contributed by atoms with Crippen LogP contribution in [0.25, 0.3) is 21.8 Å². The lowest BCUT2D eigenvalue weighted by Gasteiger charge is -2.09. The number of nitrogens with one attached hydrogen (secondary N) is 1. The Morgan fingerprint density at radius 1 is 0.951 bits per heavy atom. The van der Waals surface area contributed by atoms with Gasteiger partial charge in [-0.25, -0.2) is 32.2 Å². The van der Waals surface area contributed by atoms with E-state index in [1.165, 1.54) is 23.7 Å². The van der Waals surface area contributed by atoms with Crippen LogP contribution in [0.3, 0.4) is 0 Å². The summed E-state index contributed by atoms with van der Waals surface area (Å²) >= 11 is 1.23. The largest absolute Gasteiger partial charge is 0.375 e. The molecule has 8 nitrogen and oxygen atoms in total. The van der Waals surface area contributed by atoms with Crippen molar-refractivity contribution in [1.82, 2.24) is 15.0 Å². The van der Waals surface area contributed by atoms with Gasteiger partial charge in [0.25, 0.3) is 0 Å². The van der Waals surface area contributed by atoms with Gasteiger partial charge in [-0.2, -0.15) is 0 Å². The van der Waals surface area contributed by atoms with Crippen LogP contribution < -0.4 is 11.1 Å². The summed E-state index contributed by atoms with van der Waals surface area (Å²) < 4.78 is 51.3.